The maximum Gasteiger partial charge on any atom is 0.243 e. The summed E-state index contributed by atoms with van der Waals surface area (Å²) in [5.41, 5.74) is 2.52. The number of fused-ring (bicyclic) bond motifs is 1. The van der Waals surface area contributed by atoms with Crippen LogP contribution < -0.4 is 0 Å². The van der Waals surface area contributed by atoms with Gasteiger partial charge in [-0.2, -0.15) is 4.31 Å². The van der Waals surface area contributed by atoms with E-state index in [0.717, 1.165) is 30.4 Å². The van der Waals surface area contributed by atoms with Gasteiger partial charge < -0.3 is 0 Å². The second kappa shape index (κ2) is 7.43. The molecular formula is C22H24N2O2S. The average Bonchev–Trinajstić information content (AvgIpc) is 2.70. The SMILES string of the molecule is Cc1ccc(CN2CCN(S(=O)(=O)c3ccc4ccccc4c3)CC2)cc1. The van der Waals surface area contributed by atoms with Crippen molar-refractivity contribution >= 4 is 20.8 Å². The van der Waals surface area contributed by atoms with E-state index in [4.69, 9.17) is 0 Å². The van der Waals surface area contributed by atoms with Gasteiger partial charge in [0.1, 0.15) is 0 Å². The van der Waals surface area contributed by atoms with Gasteiger partial charge >= 0.3 is 0 Å². The molecule has 3 aromatic carbocycles. The minimum absolute atomic E-state index is 0.383. The summed E-state index contributed by atoms with van der Waals surface area (Å²) in [7, 11) is -3.45. The molecule has 0 amide bonds. The van der Waals surface area contributed by atoms with Crippen LogP contribution in [0.1, 0.15) is 11.1 Å². The lowest BCUT2D eigenvalue weighted by molar-refractivity contribution is 0.181. The minimum Gasteiger partial charge on any atom is -0.296 e. The molecule has 0 bridgehead atoms. The van der Waals surface area contributed by atoms with Gasteiger partial charge in [-0.05, 0) is 35.4 Å². The molecule has 140 valence electrons. The van der Waals surface area contributed by atoms with Crippen molar-refractivity contribution in [3.8, 4) is 0 Å². The van der Waals surface area contributed by atoms with E-state index in [1.165, 1.54) is 11.1 Å². The maximum absolute atomic E-state index is 13.0. The number of hydrogen-bond acceptors (Lipinski definition) is 3. The molecule has 0 atom stereocenters. The fourth-order valence-electron chi connectivity index (χ4n) is 3.56. The largest absolute Gasteiger partial charge is 0.296 e. The number of aryl methyl sites for hydroxylation is 1. The number of rotatable bonds is 4. The zero-order chi connectivity index (χ0) is 18.9. The third kappa shape index (κ3) is 3.90. The number of sulfonamides is 1. The predicted octanol–water partition coefficient (Wildman–Crippen LogP) is 3.65. The summed E-state index contributed by atoms with van der Waals surface area (Å²) in [5.74, 6) is 0. The molecule has 0 N–H and O–H groups in total. The summed E-state index contributed by atoms with van der Waals surface area (Å²) in [6.07, 6.45) is 0. The zero-order valence-electron chi connectivity index (χ0n) is 15.5. The highest BCUT2D eigenvalue weighted by molar-refractivity contribution is 7.89. The first-order chi connectivity index (χ1) is 13.0. The molecule has 0 aliphatic carbocycles. The van der Waals surface area contributed by atoms with Crippen LogP contribution in [-0.4, -0.2) is 43.8 Å². The highest BCUT2D eigenvalue weighted by Crippen LogP contribution is 2.23. The van der Waals surface area contributed by atoms with Gasteiger partial charge in [-0.1, -0.05) is 60.2 Å². The van der Waals surface area contributed by atoms with Gasteiger partial charge in [0.25, 0.3) is 0 Å². The Labute approximate surface area is 161 Å². The van der Waals surface area contributed by atoms with Gasteiger partial charge in [-0.3, -0.25) is 4.90 Å². The molecule has 0 saturated carbocycles. The van der Waals surface area contributed by atoms with Gasteiger partial charge in [0, 0.05) is 32.7 Å². The third-order valence-electron chi connectivity index (χ3n) is 5.22. The monoisotopic (exact) mass is 380 g/mol. The Bertz CT molecular complexity index is 1040. The summed E-state index contributed by atoms with van der Waals surface area (Å²) in [6.45, 7) is 5.51. The first-order valence-corrected chi connectivity index (χ1v) is 10.7. The van der Waals surface area contributed by atoms with Gasteiger partial charge in [0.15, 0.2) is 0 Å². The van der Waals surface area contributed by atoms with Crippen molar-refractivity contribution in [2.24, 2.45) is 0 Å². The summed E-state index contributed by atoms with van der Waals surface area (Å²) in [6, 6.07) is 21.8. The van der Waals surface area contributed by atoms with Crippen molar-refractivity contribution in [3.63, 3.8) is 0 Å². The van der Waals surface area contributed by atoms with Crippen LogP contribution in [0, 0.1) is 6.92 Å². The summed E-state index contributed by atoms with van der Waals surface area (Å²) in [5, 5.41) is 2.01. The van der Waals surface area contributed by atoms with Crippen LogP contribution in [0.25, 0.3) is 10.8 Å². The van der Waals surface area contributed by atoms with Crippen LogP contribution in [0.5, 0.6) is 0 Å². The number of hydrogen-bond donors (Lipinski definition) is 0. The molecule has 0 aromatic heterocycles. The van der Waals surface area contributed by atoms with Crippen molar-refractivity contribution in [1.29, 1.82) is 0 Å². The molecule has 1 aliphatic rings. The molecule has 3 aromatic rings. The Kier molecular flexibility index (Phi) is 5.00. The number of benzene rings is 3. The predicted molar refractivity (Wildman–Crippen MR) is 109 cm³/mol. The van der Waals surface area contributed by atoms with E-state index in [1.54, 1.807) is 16.4 Å². The second-order valence-corrected chi connectivity index (χ2v) is 9.11. The third-order valence-corrected chi connectivity index (χ3v) is 7.11. The highest BCUT2D eigenvalue weighted by atomic mass is 32.2. The van der Waals surface area contributed by atoms with Crippen LogP contribution in [0.2, 0.25) is 0 Å². The number of nitrogens with zero attached hydrogens (tertiary/aromatic N) is 2. The van der Waals surface area contributed by atoms with Crippen LogP contribution >= 0.6 is 0 Å². The van der Waals surface area contributed by atoms with Gasteiger partial charge in [-0.25, -0.2) is 8.42 Å². The molecule has 1 saturated heterocycles. The lowest BCUT2D eigenvalue weighted by Crippen LogP contribution is -2.48. The van der Waals surface area contributed by atoms with Crippen molar-refractivity contribution in [3.05, 3.63) is 77.9 Å². The molecule has 5 heteroatoms. The Balaban J connectivity index is 1.45. The first-order valence-electron chi connectivity index (χ1n) is 9.29. The number of piperazine rings is 1. The minimum atomic E-state index is -3.45. The van der Waals surface area contributed by atoms with E-state index >= 15 is 0 Å². The molecule has 1 aliphatic heterocycles. The molecule has 27 heavy (non-hydrogen) atoms. The summed E-state index contributed by atoms with van der Waals surface area (Å²) < 4.78 is 27.7. The van der Waals surface area contributed by atoms with Crippen molar-refractivity contribution in [1.82, 2.24) is 9.21 Å². The molecule has 0 unspecified atom stereocenters. The van der Waals surface area contributed by atoms with E-state index in [1.807, 2.05) is 30.3 Å². The molecule has 4 nitrogen and oxygen atoms in total. The van der Waals surface area contributed by atoms with E-state index in [9.17, 15) is 8.42 Å². The van der Waals surface area contributed by atoms with E-state index < -0.39 is 10.0 Å². The highest BCUT2D eigenvalue weighted by Gasteiger charge is 2.28. The topological polar surface area (TPSA) is 40.6 Å². The lowest BCUT2D eigenvalue weighted by Gasteiger charge is -2.34. The fraction of sp³-hybridized carbons (Fsp3) is 0.273. The van der Waals surface area contributed by atoms with Crippen LogP contribution in [0.3, 0.4) is 0 Å². The van der Waals surface area contributed by atoms with Crippen LogP contribution in [0.15, 0.2) is 71.6 Å². The smallest absolute Gasteiger partial charge is 0.243 e. The molecule has 0 radical (unpaired) electrons. The van der Waals surface area contributed by atoms with Gasteiger partial charge in [-0.15, -0.1) is 0 Å². The average molecular weight is 381 g/mol. The van der Waals surface area contributed by atoms with Crippen molar-refractivity contribution < 1.29 is 8.42 Å². The molecular weight excluding hydrogens is 356 g/mol. The Hall–Kier alpha value is -2.21. The van der Waals surface area contributed by atoms with E-state index in [-0.39, 0.29) is 0 Å². The summed E-state index contributed by atoms with van der Waals surface area (Å²) >= 11 is 0. The quantitative estimate of drug-likeness (QED) is 0.694. The molecule has 1 heterocycles. The van der Waals surface area contributed by atoms with Crippen molar-refractivity contribution in [2.75, 3.05) is 26.2 Å². The van der Waals surface area contributed by atoms with E-state index in [0.29, 0.717) is 18.0 Å². The maximum atomic E-state index is 13.0. The zero-order valence-corrected chi connectivity index (χ0v) is 16.3. The Morgan fingerprint density at radius 3 is 2.19 bits per heavy atom. The molecule has 0 spiro atoms. The standard InChI is InChI=1S/C22H24N2O2S/c1-18-6-8-19(9-7-18)17-23-12-14-24(15-13-23)27(25,26)22-11-10-20-4-2-3-5-21(20)16-22/h2-11,16H,12-15,17H2,1H3. The Morgan fingerprint density at radius 1 is 0.815 bits per heavy atom. The normalized spacial score (nSPS) is 16.6. The molecule has 4 rings (SSSR count). The molecule has 1 fully saturated rings. The second-order valence-electron chi connectivity index (χ2n) is 7.17. The fourth-order valence-corrected chi connectivity index (χ4v) is 5.01. The first kappa shape index (κ1) is 18.2. The van der Waals surface area contributed by atoms with Gasteiger partial charge in [0.05, 0.1) is 4.90 Å². The van der Waals surface area contributed by atoms with Crippen LogP contribution in [-0.2, 0) is 16.6 Å². The lowest BCUT2D eigenvalue weighted by atomic mass is 10.1. The Morgan fingerprint density at radius 2 is 1.48 bits per heavy atom. The van der Waals surface area contributed by atoms with E-state index in [2.05, 4.69) is 36.1 Å². The summed E-state index contributed by atoms with van der Waals surface area (Å²) in [4.78, 5) is 2.70. The van der Waals surface area contributed by atoms with Gasteiger partial charge in [0.2, 0.25) is 10.0 Å². The van der Waals surface area contributed by atoms with Crippen LogP contribution in [0.4, 0.5) is 0 Å². The van der Waals surface area contributed by atoms with Crippen molar-refractivity contribution in [2.45, 2.75) is 18.4 Å².